The van der Waals surface area contributed by atoms with Crippen LogP contribution in [0, 0.1) is 27.7 Å². The first kappa shape index (κ1) is 28.8. The largest absolute Gasteiger partial charge is 0.493 e. The number of aryl methyl sites for hydroxylation is 4. The molecule has 3 aromatic rings. The number of imide groups is 1. The standard InChI is InChI=1S/C31H32N2O6S/c1-19-6-7-21(3)26(14-19)38-13-12-33-30(35)28(40-31(33)36)17-23-9-11-25(27(16-23)37-5)39-18-29(34)32-24-10-8-20(2)22(4)15-24/h6-11,14-17H,12-13,18H2,1-5H3,(H,32,34)/b28-17-. The van der Waals surface area contributed by atoms with Crippen LogP contribution in [0.15, 0.2) is 59.5 Å². The Morgan fingerprint density at radius 3 is 2.40 bits per heavy atom. The molecule has 3 amide bonds. The van der Waals surface area contributed by atoms with Crippen molar-refractivity contribution in [3.8, 4) is 17.2 Å². The Labute approximate surface area is 238 Å². The summed E-state index contributed by atoms with van der Waals surface area (Å²) in [6.07, 6.45) is 1.63. The summed E-state index contributed by atoms with van der Waals surface area (Å²) in [5.74, 6) is 0.839. The normalized spacial score (nSPS) is 14.0. The molecule has 0 bridgehead atoms. The van der Waals surface area contributed by atoms with E-state index in [1.54, 1.807) is 24.3 Å². The molecule has 8 nitrogen and oxygen atoms in total. The first-order valence-electron chi connectivity index (χ1n) is 12.8. The van der Waals surface area contributed by atoms with Gasteiger partial charge in [-0.25, -0.2) is 0 Å². The summed E-state index contributed by atoms with van der Waals surface area (Å²) in [5, 5.41) is 2.47. The number of nitrogens with one attached hydrogen (secondary N) is 1. The number of carbonyl (C=O) groups is 3. The van der Waals surface area contributed by atoms with Crippen molar-refractivity contribution >= 4 is 40.6 Å². The quantitative estimate of drug-likeness (QED) is 0.301. The number of nitrogens with zero attached hydrogens (tertiary/aromatic N) is 1. The zero-order valence-corrected chi connectivity index (χ0v) is 24.0. The van der Waals surface area contributed by atoms with Crippen LogP contribution in [0.4, 0.5) is 10.5 Å². The predicted molar refractivity (Wildman–Crippen MR) is 157 cm³/mol. The molecule has 0 saturated carbocycles. The lowest BCUT2D eigenvalue weighted by molar-refractivity contribution is -0.123. The van der Waals surface area contributed by atoms with Crippen LogP contribution in [0.25, 0.3) is 6.08 Å². The summed E-state index contributed by atoms with van der Waals surface area (Å²) in [4.78, 5) is 39.3. The molecule has 1 heterocycles. The lowest BCUT2D eigenvalue weighted by Crippen LogP contribution is -2.32. The summed E-state index contributed by atoms with van der Waals surface area (Å²) in [6, 6.07) is 16.7. The van der Waals surface area contributed by atoms with E-state index >= 15 is 0 Å². The van der Waals surface area contributed by atoms with Gasteiger partial charge in [-0.05, 0) is 104 Å². The summed E-state index contributed by atoms with van der Waals surface area (Å²) in [5.41, 5.74) is 5.64. The molecule has 0 atom stereocenters. The van der Waals surface area contributed by atoms with Gasteiger partial charge in [-0.15, -0.1) is 0 Å². The number of methoxy groups -OCH3 is 1. The van der Waals surface area contributed by atoms with Crippen LogP contribution in [0.2, 0.25) is 0 Å². The van der Waals surface area contributed by atoms with E-state index < -0.39 is 0 Å². The van der Waals surface area contributed by atoms with Gasteiger partial charge in [-0.3, -0.25) is 19.3 Å². The highest BCUT2D eigenvalue weighted by atomic mass is 32.2. The maximum atomic E-state index is 12.9. The van der Waals surface area contributed by atoms with Gasteiger partial charge in [-0.1, -0.05) is 24.3 Å². The number of anilines is 1. The first-order chi connectivity index (χ1) is 19.1. The highest BCUT2D eigenvalue weighted by Crippen LogP contribution is 2.34. The zero-order chi connectivity index (χ0) is 28.8. The third-order valence-electron chi connectivity index (χ3n) is 6.42. The molecular weight excluding hydrogens is 528 g/mol. The maximum Gasteiger partial charge on any atom is 0.293 e. The van der Waals surface area contributed by atoms with Crippen molar-refractivity contribution in [3.05, 3.63) is 87.3 Å². The van der Waals surface area contributed by atoms with Crippen LogP contribution < -0.4 is 19.5 Å². The average molecular weight is 561 g/mol. The minimum absolute atomic E-state index is 0.149. The van der Waals surface area contributed by atoms with Crippen molar-refractivity contribution in [1.29, 1.82) is 0 Å². The number of hydrogen-bond donors (Lipinski definition) is 1. The Morgan fingerprint density at radius 2 is 1.65 bits per heavy atom. The van der Waals surface area contributed by atoms with Crippen molar-refractivity contribution in [2.75, 3.05) is 32.2 Å². The molecule has 1 aliphatic rings. The molecule has 4 rings (SSSR count). The van der Waals surface area contributed by atoms with Crippen LogP contribution in [0.1, 0.15) is 27.8 Å². The molecule has 0 aromatic heterocycles. The molecule has 1 fully saturated rings. The molecule has 9 heteroatoms. The van der Waals surface area contributed by atoms with E-state index in [0.717, 1.165) is 39.8 Å². The number of amides is 3. The van der Waals surface area contributed by atoms with E-state index in [-0.39, 0.29) is 36.8 Å². The van der Waals surface area contributed by atoms with Crippen molar-refractivity contribution < 1.29 is 28.6 Å². The third kappa shape index (κ3) is 7.04. The number of ether oxygens (including phenoxy) is 3. The number of rotatable bonds is 10. The van der Waals surface area contributed by atoms with Gasteiger partial charge in [0.2, 0.25) is 0 Å². The molecule has 1 N–H and O–H groups in total. The summed E-state index contributed by atoms with van der Waals surface area (Å²) >= 11 is 0.881. The Balaban J connectivity index is 1.36. The van der Waals surface area contributed by atoms with Crippen molar-refractivity contribution in [1.82, 2.24) is 4.90 Å². The molecule has 0 radical (unpaired) electrons. The molecule has 40 heavy (non-hydrogen) atoms. The molecule has 1 saturated heterocycles. The number of carbonyl (C=O) groups excluding carboxylic acids is 3. The second-order valence-corrected chi connectivity index (χ2v) is 10.5. The molecule has 208 valence electrons. The number of hydrogen-bond acceptors (Lipinski definition) is 7. The molecule has 0 aliphatic carbocycles. The van der Waals surface area contributed by atoms with E-state index in [2.05, 4.69) is 5.32 Å². The van der Waals surface area contributed by atoms with Gasteiger partial charge in [0.05, 0.1) is 18.6 Å². The highest BCUT2D eigenvalue weighted by molar-refractivity contribution is 8.18. The number of thioether (sulfide) groups is 1. The topological polar surface area (TPSA) is 94.2 Å². The van der Waals surface area contributed by atoms with E-state index in [0.29, 0.717) is 27.7 Å². The first-order valence-corrected chi connectivity index (χ1v) is 13.6. The van der Waals surface area contributed by atoms with E-state index in [1.807, 2.05) is 64.1 Å². The van der Waals surface area contributed by atoms with Crippen LogP contribution in [-0.2, 0) is 9.59 Å². The van der Waals surface area contributed by atoms with Gasteiger partial charge in [0.15, 0.2) is 18.1 Å². The Bertz CT molecular complexity index is 1480. The van der Waals surface area contributed by atoms with Gasteiger partial charge in [0.25, 0.3) is 17.1 Å². The van der Waals surface area contributed by atoms with Gasteiger partial charge >= 0.3 is 0 Å². The monoisotopic (exact) mass is 560 g/mol. The molecule has 3 aromatic carbocycles. The SMILES string of the molecule is COc1cc(/C=C2\SC(=O)N(CCOc3cc(C)ccc3C)C2=O)ccc1OCC(=O)Nc1ccc(C)c(C)c1. The molecule has 1 aliphatic heterocycles. The van der Waals surface area contributed by atoms with E-state index in [1.165, 1.54) is 12.0 Å². The van der Waals surface area contributed by atoms with Crippen molar-refractivity contribution in [2.45, 2.75) is 27.7 Å². The van der Waals surface area contributed by atoms with Gasteiger partial charge in [-0.2, -0.15) is 0 Å². The fourth-order valence-electron chi connectivity index (χ4n) is 4.01. The van der Waals surface area contributed by atoms with E-state index in [9.17, 15) is 14.4 Å². The zero-order valence-electron chi connectivity index (χ0n) is 23.2. The fourth-order valence-corrected chi connectivity index (χ4v) is 4.87. The minimum atomic E-state index is -0.373. The fraction of sp³-hybridized carbons (Fsp3) is 0.258. The van der Waals surface area contributed by atoms with Crippen LogP contribution in [0.5, 0.6) is 17.2 Å². The lowest BCUT2D eigenvalue weighted by atomic mass is 10.1. The van der Waals surface area contributed by atoms with Gasteiger partial charge in [0.1, 0.15) is 12.4 Å². The smallest absolute Gasteiger partial charge is 0.293 e. The maximum absolute atomic E-state index is 12.9. The van der Waals surface area contributed by atoms with E-state index in [4.69, 9.17) is 14.2 Å². The average Bonchev–Trinajstić information content (AvgIpc) is 3.19. The summed E-state index contributed by atoms with van der Waals surface area (Å²) in [6.45, 7) is 8.06. The number of benzene rings is 3. The Kier molecular flexibility index (Phi) is 9.16. The summed E-state index contributed by atoms with van der Waals surface area (Å²) in [7, 11) is 1.49. The predicted octanol–water partition coefficient (Wildman–Crippen LogP) is 6.06. The molecule has 0 unspecified atom stereocenters. The second kappa shape index (κ2) is 12.7. The lowest BCUT2D eigenvalue weighted by Gasteiger charge is -2.14. The van der Waals surface area contributed by atoms with Crippen LogP contribution in [0.3, 0.4) is 0 Å². The van der Waals surface area contributed by atoms with Gasteiger partial charge < -0.3 is 19.5 Å². The van der Waals surface area contributed by atoms with Gasteiger partial charge in [0, 0.05) is 5.69 Å². The molecular formula is C31H32N2O6S. The molecule has 0 spiro atoms. The van der Waals surface area contributed by atoms with Crippen molar-refractivity contribution in [3.63, 3.8) is 0 Å². The van der Waals surface area contributed by atoms with Crippen LogP contribution in [-0.4, -0.2) is 48.8 Å². The van der Waals surface area contributed by atoms with Crippen LogP contribution >= 0.6 is 11.8 Å². The van der Waals surface area contributed by atoms with Crippen molar-refractivity contribution in [2.24, 2.45) is 0 Å². The highest BCUT2D eigenvalue weighted by Gasteiger charge is 2.34. The summed E-state index contributed by atoms with van der Waals surface area (Å²) < 4.78 is 16.9. The Hall–Kier alpha value is -4.24. The third-order valence-corrected chi connectivity index (χ3v) is 7.33. The minimum Gasteiger partial charge on any atom is -0.493 e. The second-order valence-electron chi connectivity index (χ2n) is 9.50. The Morgan fingerprint density at radius 1 is 0.875 bits per heavy atom.